The summed E-state index contributed by atoms with van der Waals surface area (Å²) in [5.74, 6) is 0. The number of ether oxygens (including phenoxy) is 2. The summed E-state index contributed by atoms with van der Waals surface area (Å²) in [7, 11) is 0. The molecular formula is C14H18O2. The number of hydrogen-bond acceptors (Lipinski definition) is 2. The van der Waals surface area contributed by atoms with Gasteiger partial charge >= 0.3 is 0 Å². The van der Waals surface area contributed by atoms with Crippen molar-refractivity contribution in [3.05, 3.63) is 42.2 Å². The van der Waals surface area contributed by atoms with Crippen LogP contribution in [-0.4, -0.2) is 19.8 Å². The second-order valence-electron chi connectivity index (χ2n) is 4.37. The maximum Gasteiger partial charge on any atom is 0.0973 e. The van der Waals surface area contributed by atoms with Gasteiger partial charge in [0.05, 0.1) is 31.5 Å². The molecule has 1 heterocycles. The Bertz CT molecular complexity index is 334. The van der Waals surface area contributed by atoms with Crippen molar-refractivity contribution in [3.63, 3.8) is 0 Å². The lowest BCUT2D eigenvalue weighted by molar-refractivity contribution is -0.139. The average Bonchev–Trinajstić information content (AvgIpc) is 2.29. The van der Waals surface area contributed by atoms with E-state index in [9.17, 15) is 0 Å². The Morgan fingerprint density at radius 1 is 1.31 bits per heavy atom. The van der Waals surface area contributed by atoms with E-state index in [-0.39, 0.29) is 5.41 Å². The van der Waals surface area contributed by atoms with Crippen LogP contribution in [0.2, 0.25) is 0 Å². The zero-order valence-corrected chi connectivity index (χ0v) is 9.69. The highest BCUT2D eigenvalue weighted by atomic mass is 16.5. The van der Waals surface area contributed by atoms with Gasteiger partial charge in [-0.3, -0.25) is 0 Å². The van der Waals surface area contributed by atoms with Gasteiger partial charge in [-0.15, -0.1) is 0 Å². The van der Waals surface area contributed by atoms with Gasteiger partial charge in [-0.1, -0.05) is 37.3 Å². The molecule has 0 aromatic heterocycles. The molecule has 1 aromatic rings. The lowest BCUT2D eigenvalue weighted by Crippen LogP contribution is -2.45. The van der Waals surface area contributed by atoms with Gasteiger partial charge in [0.15, 0.2) is 0 Å². The van der Waals surface area contributed by atoms with E-state index in [1.54, 1.807) is 6.26 Å². The van der Waals surface area contributed by atoms with Crippen molar-refractivity contribution in [2.24, 2.45) is 5.41 Å². The van der Waals surface area contributed by atoms with Gasteiger partial charge < -0.3 is 9.47 Å². The quantitative estimate of drug-likeness (QED) is 0.707. The first-order valence-electron chi connectivity index (χ1n) is 5.76. The van der Waals surface area contributed by atoms with Gasteiger partial charge in [0.25, 0.3) is 0 Å². The van der Waals surface area contributed by atoms with E-state index in [0.717, 1.165) is 31.8 Å². The van der Waals surface area contributed by atoms with Crippen molar-refractivity contribution >= 4 is 6.08 Å². The molecule has 2 nitrogen and oxygen atoms in total. The summed E-state index contributed by atoms with van der Waals surface area (Å²) in [6.45, 7) is 4.62. The molecule has 1 fully saturated rings. The molecule has 0 radical (unpaired) electrons. The van der Waals surface area contributed by atoms with E-state index in [1.165, 1.54) is 0 Å². The highest BCUT2D eigenvalue weighted by Crippen LogP contribution is 2.31. The van der Waals surface area contributed by atoms with E-state index in [1.807, 2.05) is 24.3 Å². The van der Waals surface area contributed by atoms with Crippen LogP contribution < -0.4 is 0 Å². The lowest BCUT2D eigenvalue weighted by atomic mass is 9.84. The Morgan fingerprint density at radius 2 is 2.06 bits per heavy atom. The molecule has 0 saturated carbocycles. The first-order valence-corrected chi connectivity index (χ1v) is 5.76. The summed E-state index contributed by atoms with van der Waals surface area (Å²) in [5.41, 5.74) is 1.43. The highest BCUT2D eigenvalue weighted by molar-refractivity contribution is 5.47. The third-order valence-electron chi connectivity index (χ3n) is 3.11. The monoisotopic (exact) mass is 218 g/mol. The largest absolute Gasteiger partial charge is 0.500 e. The first kappa shape index (κ1) is 11.2. The Hall–Kier alpha value is -1.28. The molecule has 0 N–H and O–H groups in total. The van der Waals surface area contributed by atoms with Crippen LogP contribution in [0.5, 0.6) is 0 Å². The van der Waals surface area contributed by atoms with E-state index in [0.29, 0.717) is 0 Å². The lowest BCUT2D eigenvalue weighted by Gasteiger charge is -2.39. The van der Waals surface area contributed by atoms with Crippen LogP contribution in [-0.2, 0) is 9.47 Å². The second kappa shape index (κ2) is 5.17. The standard InChI is InChI=1S/C14H18O2/c1-2-14(11-16-12-14)10-15-9-8-13-6-4-3-5-7-13/h3-9H,2,10-12H2,1H3/b9-8+. The van der Waals surface area contributed by atoms with E-state index >= 15 is 0 Å². The van der Waals surface area contributed by atoms with Gasteiger partial charge in [-0.25, -0.2) is 0 Å². The third kappa shape index (κ3) is 2.64. The first-order chi connectivity index (χ1) is 7.85. The summed E-state index contributed by atoms with van der Waals surface area (Å²) in [5, 5.41) is 0. The smallest absolute Gasteiger partial charge is 0.0973 e. The van der Waals surface area contributed by atoms with Crippen molar-refractivity contribution in [2.45, 2.75) is 13.3 Å². The van der Waals surface area contributed by atoms with Crippen LogP contribution in [0.25, 0.3) is 6.08 Å². The zero-order chi connectivity index (χ0) is 11.3. The molecule has 1 saturated heterocycles. The second-order valence-corrected chi connectivity index (χ2v) is 4.37. The van der Waals surface area contributed by atoms with Crippen LogP contribution in [0.4, 0.5) is 0 Å². The van der Waals surface area contributed by atoms with Crippen LogP contribution in [0.1, 0.15) is 18.9 Å². The molecule has 0 spiro atoms. The van der Waals surface area contributed by atoms with Crippen LogP contribution in [0, 0.1) is 5.41 Å². The highest BCUT2D eigenvalue weighted by Gasteiger charge is 2.37. The van der Waals surface area contributed by atoms with Crippen LogP contribution in [0.15, 0.2) is 36.6 Å². The van der Waals surface area contributed by atoms with Crippen molar-refractivity contribution < 1.29 is 9.47 Å². The van der Waals surface area contributed by atoms with Gasteiger partial charge in [0, 0.05) is 0 Å². The molecule has 86 valence electrons. The van der Waals surface area contributed by atoms with Crippen molar-refractivity contribution in [3.8, 4) is 0 Å². The molecule has 0 atom stereocenters. The van der Waals surface area contributed by atoms with Crippen molar-refractivity contribution in [2.75, 3.05) is 19.8 Å². The molecule has 0 amide bonds. The SMILES string of the molecule is CCC1(CO/C=C/c2ccccc2)COC1. The minimum absolute atomic E-state index is 0.265. The molecular weight excluding hydrogens is 200 g/mol. The number of rotatable bonds is 5. The summed E-state index contributed by atoms with van der Waals surface area (Å²) in [6, 6.07) is 10.2. The van der Waals surface area contributed by atoms with Crippen molar-refractivity contribution in [1.82, 2.24) is 0 Å². The Morgan fingerprint density at radius 3 is 2.62 bits per heavy atom. The van der Waals surface area contributed by atoms with E-state index in [4.69, 9.17) is 9.47 Å². The van der Waals surface area contributed by atoms with Crippen LogP contribution >= 0.6 is 0 Å². The predicted molar refractivity (Wildman–Crippen MR) is 65.0 cm³/mol. The van der Waals surface area contributed by atoms with E-state index < -0.39 is 0 Å². The topological polar surface area (TPSA) is 18.5 Å². The minimum atomic E-state index is 0.265. The van der Waals surface area contributed by atoms with Crippen molar-refractivity contribution in [1.29, 1.82) is 0 Å². The maximum absolute atomic E-state index is 5.58. The molecule has 0 aliphatic carbocycles. The predicted octanol–water partition coefficient (Wildman–Crippen LogP) is 3.10. The fourth-order valence-corrected chi connectivity index (χ4v) is 1.70. The maximum atomic E-state index is 5.58. The number of hydrogen-bond donors (Lipinski definition) is 0. The summed E-state index contributed by atoms with van der Waals surface area (Å²) in [6.07, 6.45) is 4.89. The molecule has 1 aromatic carbocycles. The fraction of sp³-hybridized carbons (Fsp3) is 0.429. The third-order valence-corrected chi connectivity index (χ3v) is 3.11. The molecule has 1 aliphatic rings. The Labute approximate surface area is 96.9 Å². The van der Waals surface area contributed by atoms with E-state index in [2.05, 4.69) is 19.1 Å². The molecule has 0 unspecified atom stereocenters. The Kier molecular flexibility index (Phi) is 3.62. The molecule has 16 heavy (non-hydrogen) atoms. The van der Waals surface area contributed by atoms with Gasteiger partial charge in [-0.05, 0) is 18.1 Å². The normalized spacial score (nSPS) is 18.3. The zero-order valence-electron chi connectivity index (χ0n) is 9.69. The van der Waals surface area contributed by atoms with Gasteiger partial charge in [0.2, 0.25) is 0 Å². The minimum Gasteiger partial charge on any atom is -0.500 e. The summed E-state index contributed by atoms with van der Waals surface area (Å²) >= 11 is 0. The average molecular weight is 218 g/mol. The number of benzene rings is 1. The molecule has 0 bridgehead atoms. The summed E-state index contributed by atoms with van der Waals surface area (Å²) < 4.78 is 10.8. The van der Waals surface area contributed by atoms with Gasteiger partial charge in [0.1, 0.15) is 0 Å². The molecule has 2 heteroatoms. The van der Waals surface area contributed by atoms with Gasteiger partial charge in [-0.2, -0.15) is 0 Å². The molecule has 1 aliphatic heterocycles. The van der Waals surface area contributed by atoms with Crippen LogP contribution in [0.3, 0.4) is 0 Å². The summed E-state index contributed by atoms with van der Waals surface area (Å²) in [4.78, 5) is 0. The molecule has 2 rings (SSSR count). The Balaban J connectivity index is 1.77. The fourth-order valence-electron chi connectivity index (χ4n) is 1.70.